The van der Waals surface area contributed by atoms with Crippen LogP contribution in [0, 0.1) is 0 Å². The Morgan fingerprint density at radius 1 is 1.06 bits per heavy atom. The van der Waals surface area contributed by atoms with Gasteiger partial charge in [0.05, 0.1) is 6.61 Å². The monoisotopic (exact) mass is 244 g/mol. The van der Waals surface area contributed by atoms with Crippen LogP contribution in [0.25, 0.3) is 0 Å². The maximum absolute atomic E-state index is 11.8. The minimum absolute atomic E-state index is 0.0191. The molecular weight excluding hydrogens is 220 g/mol. The van der Waals surface area contributed by atoms with Crippen LogP contribution in [0.15, 0.2) is 0 Å². The highest BCUT2D eigenvalue weighted by Crippen LogP contribution is 1.98. The number of ether oxygens (including phenoxy) is 1. The predicted molar refractivity (Wildman–Crippen MR) is 66.7 cm³/mol. The van der Waals surface area contributed by atoms with E-state index in [1.54, 1.807) is 16.9 Å². The molecule has 0 radical (unpaired) electrons. The Morgan fingerprint density at radius 2 is 1.65 bits per heavy atom. The number of carbonyl (C=O) groups excluding carboxylic acids is 2. The van der Waals surface area contributed by atoms with Crippen molar-refractivity contribution in [3.05, 3.63) is 0 Å². The maximum atomic E-state index is 11.8. The van der Waals surface area contributed by atoms with Crippen molar-refractivity contribution >= 4 is 11.8 Å². The standard InChI is InChI=1S/C12H24N2O3/c1-5-13(6-2)12(16)7-8-14(11(3)15)9-10-17-4/h5-10H2,1-4H3. The number of rotatable bonds is 8. The Kier molecular flexibility index (Phi) is 8.40. The zero-order valence-corrected chi connectivity index (χ0v) is 11.4. The van der Waals surface area contributed by atoms with E-state index in [0.29, 0.717) is 39.2 Å². The third-order valence-corrected chi connectivity index (χ3v) is 2.72. The third kappa shape index (κ3) is 6.26. The van der Waals surface area contributed by atoms with Crippen molar-refractivity contribution in [1.82, 2.24) is 9.80 Å². The molecule has 0 saturated carbocycles. The molecule has 5 nitrogen and oxygen atoms in total. The van der Waals surface area contributed by atoms with Crippen molar-refractivity contribution in [3.8, 4) is 0 Å². The fourth-order valence-corrected chi connectivity index (χ4v) is 1.59. The molecule has 0 spiro atoms. The summed E-state index contributed by atoms with van der Waals surface area (Å²) < 4.78 is 4.93. The molecule has 5 heteroatoms. The first kappa shape index (κ1) is 15.9. The van der Waals surface area contributed by atoms with Crippen LogP contribution < -0.4 is 0 Å². The molecule has 0 aliphatic heterocycles. The van der Waals surface area contributed by atoms with Crippen molar-refractivity contribution in [1.29, 1.82) is 0 Å². The van der Waals surface area contributed by atoms with E-state index in [-0.39, 0.29) is 11.8 Å². The lowest BCUT2D eigenvalue weighted by atomic mass is 10.3. The van der Waals surface area contributed by atoms with Crippen LogP contribution in [-0.2, 0) is 14.3 Å². The summed E-state index contributed by atoms with van der Waals surface area (Å²) in [5, 5.41) is 0. The van der Waals surface area contributed by atoms with Crippen LogP contribution in [0.1, 0.15) is 27.2 Å². The lowest BCUT2D eigenvalue weighted by Crippen LogP contribution is -2.37. The van der Waals surface area contributed by atoms with Gasteiger partial charge in [-0.15, -0.1) is 0 Å². The minimum atomic E-state index is -0.0191. The topological polar surface area (TPSA) is 49.9 Å². The van der Waals surface area contributed by atoms with Crippen molar-refractivity contribution in [3.63, 3.8) is 0 Å². The molecule has 0 aromatic carbocycles. The Hall–Kier alpha value is -1.10. The molecule has 0 saturated heterocycles. The fourth-order valence-electron chi connectivity index (χ4n) is 1.59. The highest BCUT2D eigenvalue weighted by molar-refractivity contribution is 5.78. The Balaban J connectivity index is 4.11. The molecule has 0 heterocycles. The van der Waals surface area contributed by atoms with Crippen LogP contribution in [0.4, 0.5) is 0 Å². The van der Waals surface area contributed by atoms with E-state index in [0.717, 1.165) is 0 Å². The Bertz CT molecular complexity index is 240. The molecule has 0 aromatic rings. The van der Waals surface area contributed by atoms with Gasteiger partial charge in [-0.25, -0.2) is 0 Å². The molecular formula is C12H24N2O3. The number of nitrogens with zero attached hydrogens (tertiary/aromatic N) is 2. The van der Waals surface area contributed by atoms with Gasteiger partial charge in [-0.2, -0.15) is 0 Å². The molecule has 0 fully saturated rings. The summed E-state index contributed by atoms with van der Waals surface area (Å²) in [6.07, 6.45) is 0.380. The van der Waals surface area contributed by atoms with Crippen molar-refractivity contribution in [2.45, 2.75) is 27.2 Å². The molecule has 0 bridgehead atoms. The summed E-state index contributed by atoms with van der Waals surface area (Å²) in [6.45, 7) is 8.35. The van der Waals surface area contributed by atoms with Gasteiger partial charge in [-0.1, -0.05) is 0 Å². The molecule has 0 unspecified atom stereocenters. The second kappa shape index (κ2) is 8.98. The van der Waals surface area contributed by atoms with Crippen molar-refractivity contribution < 1.29 is 14.3 Å². The smallest absolute Gasteiger partial charge is 0.224 e. The first-order valence-corrected chi connectivity index (χ1v) is 6.09. The van der Waals surface area contributed by atoms with E-state index in [4.69, 9.17) is 4.74 Å². The highest BCUT2D eigenvalue weighted by Gasteiger charge is 2.13. The van der Waals surface area contributed by atoms with Crippen LogP contribution >= 0.6 is 0 Å². The zero-order valence-electron chi connectivity index (χ0n) is 11.4. The van der Waals surface area contributed by atoms with Crippen molar-refractivity contribution in [2.75, 3.05) is 39.9 Å². The predicted octanol–water partition coefficient (Wildman–Crippen LogP) is 0.740. The lowest BCUT2D eigenvalue weighted by Gasteiger charge is -2.23. The fraction of sp³-hybridized carbons (Fsp3) is 0.833. The second-order valence-corrected chi connectivity index (χ2v) is 3.81. The molecule has 0 atom stereocenters. The van der Waals surface area contributed by atoms with Crippen LogP contribution in [0.2, 0.25) is 0 Å². The molecule has 0 rings (SSSR count). The SMILES string of the molecule is CCN(CC)C(=O)CCN(CCOC)C(C)=O. The van der Waals surface area contributed by atoms with E-state index >= 15 is 0 Å². The Morgan fingerprint density at radius 3 is 2.06 bits per heavy atom. The molecule has 17 heavy (non-hydrogen) atoms. The van der Waals surface area contributed by atoms with Gasteiger partial charge >= 0.3 is 0 Å². The van der Waals surface area contributed by atoms with Crippen LogP contribution in [-0.4, -0.2) is 61.5 Å². The average Bonchev–Trinajstić information content (AvgIpc) is 2.30. The molecule has 0 aliphatic rings. The average molecular weight is 244 g/mol. The molecule has 0 N–H and O–H groups in total. The van der Waals surface area contributed by atoms with E-state index < -0.39 is 0 Å². The zero-order chi connectivity index (χ0) is 13.3. The summed E-state index contributed by atoms with van der Waals surface area (Å²) in [5.41, 5.74) is 0. The third-order valence-electron chi connectivity index (χ3n) is 2.72. The number of hydrogen-bond acceptors (Lipinski definition) is 3. The van der Waals surface area contributed by atoms with Gasteiger partial charge in [0.15, 0.2) is 0 Å². The number of hydrogen-bond donors (Lipinski definition) is 0. The number of methoxy groups -OCH3 is 1. The summed E-state index contributed by atoms with van der Waals surface area (Å²) >= 11 is 0. The van der Waals surface area contributed by atoms with Gasteiger partial charge in [-0.05, 0) is 13.8 Å². The van der Waals surface area contributed by atoms with Gasteiger partial charge in [0.25, 0.3) is 0 Å². The van der Waals surface area contributed by atoms with Crippen molar-refractivity contribution in [2.24, 2.45) is 0 Å². The minimum Gasteiger partial charge on any atom is -0.383 e. The molecule has 2 amide bonds. The lowest BCUT2D eigenvalue weighted by molar-refractivity contribution is -0.133. The van der Waals surface area contributed by atoms with E-state index in [1.807, 2.05) is 13.8 Å². The van der Waals surface area contributed by atoms with Gasteiger partial charge in [0, 0.05) is 46.6 Å². The van der Waals surface area contributed by atoms with E-state index in [2.05, 4.69) is 0 Å². The van der Waals surface area contributed by atoms with E-state index in [9.17, 15) is 9.59 Å². The molecule has 100 valence electrons. The first-order chi connectivity index (χ1) is 8.06. The van der Waals surface area contributed by atoms with Gasteiger partial charge in [0.2, 0.25) is 11.8 Å². The summed E-state index contributed by atoms with van der Waals surface area (Å²) in [7, 11) is 1.60. The van der Waals surface area contributed by atoms with E-state index in [1.165, 1.54) is 6.92 Å². The first-order valence-electron chi connectivity index (χ1n) is 6.09. The van der Waals surface area contributed by atoms with Gasteiger partial charge < -0.3 is 14.5 Å². The van der Waals surface area contributed by atoms with Gasteiger partial charge in [-0.3, -0.25) is 9.59 Å². The Labute approximate surface area is 104 Å². The van der Waals surface area contributed by atoms with Crippen LogP contribution in [0.5, 0.6) is 0 Å². The maximum Gasteiger partial charge on any atom is 0.224 e. The number of amides is 2. The summed E-state index contributed by atoms with van der Waals surface area (Å²) in [4.78, 5) is 26.5. The number of carbonyl (C=O) groups is 2. The normalized spacial score (nSPS) is 10.1. The molecule has 0 aromatic heterocycles. The summed E-state index contributed by atoms with van der Waals surface area (Å²) in [6, 6.07) is 0. The second-order valence-electron chi connectivity index (χ2n) is 3.81. The largest absolute Gasteiger partial charge is 0.383 e. The summed E-state index contributed by atoms with van der Waals surface area (Å²) in [5.74, 6) is 0.0769. The highest BCUT2D eigenvalue weighted by atomic mass is 16.5. The quantitative estimate of drug-likeness (QED) is 0.633. The molecule has 0 aliphatic carbocycles. The van der Waals surface area contributed by atoms with Gasteiger partial charge in [0.1, 0.15) is 0 Å². The van der Waals surface area contributed by atoms with Crippen LogP contribution in [0.3, 0.4) is 0 Å².